The molecule has 1 aromatic rings. The highest BCUT2D eigenvalue weighted by molar-refractivity contribution is 5.76. The summed E-state index contributed by atoms with van der Waals surface area (Å²) in [7, 11) is 0. The number of aliphatic hydroxyl groups is 1. The van der Waals surface area contributed by atoms with Gasteiger partial charge in [-0.3, -0.25) is 0 Å². The van der Waals surface area contributed by atoms with Gasteiger partial charge >= 0.3 is 11.8 Å². The van der Waals surface area contributed by atoms with Gasteiger partial charge in [0.2, 0.25) is 0 Å². The Bertz CT molecular complexity index is 354. The van der Waals surface area contributed by atoms with Crippen molar-refractivity contribution in [2.24, 2.45) is 0 Å². The Morgan fingerprint density at radius 3 is 2.50 bits per heavy atom. The summed E-state index contributed by atoms with van der Waals surface area (Å²) < 4.78 is 18.6. The van der Waals surface area contributed by atoms with Gasteiger partial charge < -0.3 is 14.9 Å². The molecule has 0 saturated carbocycles. The number of carboxylic acids is 1. The van der Waals surface area contributed by atoms with E-state index in [1.165, 1.54) is 19.1 Å². The molecule has 88 valence electrons. The van der Waals surface area contributed by atoms with E-state index in [-0.39, 0.29) is 12.2 Å². The van der Waals surface area contributed by atoms with Gasteiger partial charge in [0.1, 0.15) is 11.9 Å². The SMILES string of the molecule is CCC(O)C(F)(Oc1ccccc1)C(=O)O. The van der Waals surface area contributed by atoms with E-state index in [2.05, 4.69) is 0 Å². The fourth-order valence-electron chi connectivity index (χ4n) is 1.18. The smallest absolute Gasteiger partial charge is 0.385 e. The Morgan fingerprint density at radius 2 is 2.06 bits per heavy atom. The van der Waals surface area contributed by atoms with E-state index in [0.29, 0.717) is 0 Å². The lowest BCUT2D eigenvalue weighted by Crippen LogP contribution is -2.50. The lowest BCUT2D eigenvalue weighted by Gasteiger charge is -2.26. The summed E-state index contributed by atoms with van der Waals surface area (Å²) in [5.41, 5.74) is 0. The number of carboxylic acid groups (broad SMARTS) is 1. The molecule has 0 aromatic heterocycles. The number of rotatable bonds is 5. The molecule has 5 heteroatoms. The maximum absolute atomic E-state index is 13.9. The van der Waals surface area contributed by atoms with E-state index >= 15 is 0 Å². The second-order valence-corrected chi connectivity index (χ2v) is 3.29. The molecule has 0 amide bonds. The summed E-state index contributed by atoms with van der Waals surface area (Å²) in [4.78, 5) is 10.8. The van der Waals surface area contributed by atoms with Crippen LogP contribution in [-0.2, 0) is 4.79 Å². The number of ether oxygens (including phenoxy) is 1. The van der Waals surface area contributed by atoms with E-state index in [1.54, 1.807) is 18.2 Å². The number of hydrogen-bond acceptors (Lipinski definition) is 3. The quantitative estimate of drug-likeness (QED) is 0.803. The van der Waals surface area contributed by atoms with Crippen LogP contribution in [0.1, 0.15) is 13.3 Å². The van der Waals surface area contributed by atoms with Gasteiger partial charge in [-0.2, -0.15) is 4.39 Å². The van der Waals surface area contributed by atoms with Crippen molar-refractivity contribution in [2.75, 3.05) is 0 Å². The first-order chi connectivity index (χ1) is 7.50. The Labute approximate surface area is 92.3 Å². The average Bonchev–Trinajstić information content (AvgIpc) is 2.28. The van der Waals surface area contributed by atoms with Crippen molar-refractivity contribution in [3.63, 3.8) is 0 Å². The van der Waals surface area contributed by atoms with Gasteiger partial charge in [0.05, 0.1) is 0 Å². The number of aliphatic hydroxyl groups excluding tert-OH is 1. The molecule has 1 aromatic carbocycles. The molecule has 4 nitrogen and oxygen atoms in total. The van der Waals surface area contributed by atoms with Gasteiger partial charge in [-0.1, -0.05) is 25.1 Å². The monoisotopic (exact) mass is 228 g/mol. The molecule has 0 aliphatic carbocycles. The molecule has 2 atom stereocenters. The third kappa shape index (κ3) is 2.49. The summed E-state index contributed by atoms with van der Waals surface area (Å²) in [5.74, 6) is -4.90. The molecule has 0 radical (unpaired) electrons. The molecule has 0 spiro atoms. The van der Waals surface area contributed by atoms with Crippen LogP contribution in [0.3, 0.4) is 0 Å². The summed E-state index contributed by atoms with van der Waals surface area (Å²) in [6.45, 7) is 1.47. The van der Waals surface area contributed by atoms with Crippen LogP contribution in [0, 0.1) is 0 Å². The molecule has 1 rings (SSSR count). The Morgan fingerprint density at radius 1 is 1.50 bits per heavy atom. The van der Waals surface area contributed by atoms with Gasteiger partial charge in [-0.15, -0.1) is 0 Å². The number of alkyl halides is 1. The zero-order valence-corrected chi connectivity index (χ0v) is 8.76. The van der Waals surface area contributed by atoms with E-state index in [9.17, 15) is 14.3 Å². The van der Waals surface area contributed by atoms with Gasteiger partial charge in [0.15, 0.2) is 0 Å². The van der Waals surface area contributed by atoms with E-state index in [0.717, 1.165) is 0 Å². The third-order valence-electron chi connectivity index (χ3n) is 2.12. The number of aliphatic carboxylic acids is 1. The van der Waals surface area contributed by atoms with Gasteiger partial charge in [-0.25, -0.2) is 4.79 Å². The molecule has 2 unspecified atom stereocenters. The van der Waals surface area contributed by atoms with Crippen LogP contribution in [0.5, 0.6) is 5.75 Å². The molecular weight excluding hydrogens is 215 g/mol. The van der Waals surface area contributed by atoms with Crippen molar-refractivity contribution >= 4 is 5.97 Å². The molecule has 2 N–H and O–H groups in total. The number of halogens is 1. The summed E-state index contributed by atoms with van der Waals surface area (Å²) in [6.07, 6.45) is -1.78. The predicted molar refractivity (Wildman–Crippen MR) is 54.8 cm³/mol. The fourth-order valence-corrected chi connectivity index (χ4v) is 1.18. The number of hydrogen-bond donors (Lipinski definition) is 2. The van der Waals surface area contributed by atoms with Gasteiger partial charge in [-0.05, 0) is 18.6 Å². The maximum Gasteiger partial charge on any atom is 0.385 e. The van der Waals surface area contributed by atoms with E-state index in [4.69, 9.17) is 9.84 Å². The van der Waals surface area contributed by atoms with Crippen LogP contribution in [0.2, 0.25) is 0 Å². The second kappa shape index (κ2) is 4.94. The Hall–Kier alpha value is -1.62. The minimum atomic E-state index is -3.11. The first-order valence-electron chi connectivity index (χ1n) is 4.85. The Kier molecular flexibility index (Phi) is 3.84. The largest absolute Gasteiger partial charge is 0.476 e. The molecule has 0 heterocycles. The molecule has 0 saturated heterocycles. The van der Waals surface area contributed by atoms with Crippen molar-refractivity contribution < 1.29 is 24.1 Å². The minimum absolute atomic E-state index is 0.0555. The van der Waals surface area contributed by atoms with Crippen LogP contribution in [0.4, 0.5) is 4.39 Å². The second-order valence-electron chi connectivity index (χ2n) is 3.29. The van der Waals surface area contributed by atoms with Crippen molar-refractivity contribution in [1.82, 2.24) is 0 Å². The van der Waals surface area contributed by atoms with Gasteiger partial charge in [0, 0.05) is 0 Å². The molecule has 0 aliphatic heterocycles. The van der Waals surface area contributed by atoms with Crippen molar-refractivity contribution in [2.45, 2.75) is 25.3 Å². The highest BCUT2D eigenvalue weighted by atomic mass is 19.2. The first kappa shape index (κ1) is 12.4. The van der Waals surface area contributed by atoms with E-state index in [1.807, 2.05) is 0 Å². The fraction of sp³-hybridized carbons (Fsp3) is 0.364. The summed E-state index contributed by atoms with van der Waals surface area (Å²) >= 11 is 0. The predicted octanol–water partition coefficient (Wildman–Crippen LogP) is 1.59. The zero-order valence-electron chi connectivity index (χ0n) is 8.76. The van der Waals surface area contributed by atoms with Crippen molar-refractivity contribution in [1.29, 1.82) is 0 Å². The van der Waals surface area contributed by atoms with Gasteiger partial charge in [0.25, 0.3) is 0 Å². The zero-order chi connectivity index (χ0) is 12.2. The number of para-hydroxylation sites is 1. The van der Waals surface area contributed by atoms with Crippen molar-refractivity contribution in [3.8, 4) is 5.75 Å². The summed E-state index contributed by atoms with van der Waals surface area (Å²) in [5, 5.41) is 18.1. The van der Waals surface area contributed by atoms with Crippen molar-refractivity contribution in [3.05, 3.63) is 30.3 Å². The van der Waals surface area contributed by atoms with Crippen LogP contribution in [0.25, 0.3) is 0 Å². The van der Waals surface area contributed by atoms with Crippen LogP contribution in [0.15, 0.2) is 30.3 Å². The van der Waals surface area contributed by atoms with Crippen LogP contribution < -0.4 is 4.74 Å². The summed E-state index contributed by atoms with van der Waals surface area (Å²) in [6, 6.07) is 7.68. The first-order valence-corrected chi connectivity index (χ1v) is 4.85. The van der Waals surface area contributed by atoms with Crippen LogP contribution >= 0.6 is 0 Å². The van der Waals surface area contributed by atoms with E-state index < -0.39 is 17.9 Å². The molecule has 0 bridgehead atoms. The third-order valence-corrected chi connectivity index (χ3v) is 2.12. The lowest BCUT2D eigenvalue weighted by molar-refractivity contribution is -0.196. The molecule has 0 fully saturated rings. The minimum Gasteiger partial charge on any atom is -0.476 e. The average molecular weight is 228 g/mol. The standard InChI is InChI=1S/C11H13FO4/c1-2-9(13)11(12,10(14)15)16-8-6-4-3-5-7-8/h3-7,9,13H,2H2,1H3,(H,14,15). The molecule has 16 heavy (non-hydrogen) atoms. The van der Waals surface area contributed by atoms with Crippen LogP contribution in [-0.4, -0.2) is 28.1 Å². The topological polar surface area (TPSA) is 66.8 Å². The lowest BCUT2D eigenvalue weighted by atomic mass is 10.1. The highest BCUT2D eigenvalue weighted by Crippen LogP contribution is 2.25. The molecular formula is C11H13FO4. The maximum atomic E-state index is 13.9. The number of benzene rings is 1. The highest BCUT2D eigenvalue weighted by Gasteiger charge is 2.48. The molecule has 0 aliphatic rings. The number of carbonyl (C=O) groups is 1. The normalized spacial score (nSPS) is 16.2. The Balaban J connectivity index is 2.92.